The first-order valence-electron chi connectivity index (χ1n) is 13.2. The van der Waals surface area contributed by atoms with Gasteiger partial charge in [-0.3, -0.25) is 19.2 Å². The zero-order valence-corrected chi connectivity index (χ0v) is 25.7. The highest BCUT2D eigenvalue weighted by Crippen LogP contribution is 2.53. The number of aromatic amines is 1. The Kier molecular flexibility index (Phi) is 8.12. The van der Waals surface area contributed by atoms with Gasteiger partial charge >= 0.3 is 4.87 Å². The van der Waals surface area contributed by atoms with Gasteiger partial charge in [0.25, 0.3) is 5.91 Å². The Morgan fingerprint density at radius 2 is 1.74 bits per heavy atom. The molecule has 2 N–H and O–H groups in total. The van der Waals surface area contributed by atoms with E-state index in [1.807, 2.05) is 0 Å². The van der Waals surface area contributed by atoms with E-state index < -0.39 is 28.8 Å². The number of carbonyl (C=O) groups excluding carboxylic acids is 3. The number of nitrogens with zero attached hydrogens (tertiary/aromatic N) is 1. The molecule has 43 heavy (non-hydrogen) atoms. The fraction of sp³-hybridized carbons (Fsp3) is 0.200. The smallest absolute Gasteiger partial charge is 0.305 e. The monoisotopic (exact) mass is 683 g/mol. The van der Waals surface area contributed by atoms with E-state index in [4.69, 9.17) is 9.47 Å². The minimum Gasteiger partial charge on any atom is -0.490 e. The highest BCUT2D eigenvalue weighted by atomic mass is 79.9. The molecule has 0 bridgehead atoms. The van der Waals surface area contributed by atoms with Crippen LogP contribution in [0.4, 0.5) is 15.8 Å². The van der Waals surface area contributed by atoms with Gasteiger partial charge < -0.3 is 19.8 Å². The van der Waals surface area contributed by atoms with Crippen LogP contribution in [-0.4, -0.2) is 41.2 Å². The number of thioether (sulfide) groups is 1. The summed E-state index contributed by atoms with van der Waals surface area (Å²) in [6.45, 7) is 1.77. The molecule has 0 spiro atoms. The Hall–Kier alpha value is -3.94. The molecule has 0 saturated carbocycles. The number of thiazole rings is 1. The standard InChI is InChI=1S/C30H23BrFN3O6S2/c1-2-40-21-13-15(3-12-20(21)41-14-22(36)33-18-8-6-17(32)7-9-18)23-24-26(42-27-25(23)43-30(39)34-27)29(38)35(28(24)37)19-10-4-16(31)5-11-19/h3-13,23-24,26H,2,14H2,1H3,(H,33,36)(H,34,39). The predicted octanol–water partition coefficient (Wildman–Crippen LogP) is 5.55. The van der Waals surface area contributed by atoms with E-state index in [9.17, 15) is 23.6 Å². The van der Waals surface area contributed by atoms with E-state index in [0.29, 0.717) is 44.9 Å². The number of H-pyrrole nitrogens is 1. The quantitative estimate of drug-likeness (QED) is 0.234. The summed E-state index contributed by atoms with van der Waals surface area (Å²) < 4.78 is 25.6. The van der Waals surface area contributed by atoms with E-state index in [-0.39, 0.29) is 23.3 Å². The summed E-state index contributed by atoms with van der Waals surface area (Å²) in [7, 11) is 0. The van der Waals surface area contributed by atoms with Crippen molar-refractivity contribution in [3.05, 3.63) is 97.1 Å². The van der Waals surface area contributed by atoms with Crippen LogP contribution in [0.15, 0.2) is 81.0 Å². The third kappa shape index (κ3) is 5.71. The van der Waals surface area contributed by atoms with Crippen molar-refractivity contribution >= 4 is 68.1 Å². The number of imide groups is 1. The molecule has 1 aromatic heterocycles. The third-order valence-corrected chi connectivity index (χ3v) is 9.95. The van der Waals surface area contributed by atoms with Gasteiger partial charge in [0.15, 0.2) is 18.1 Å². The van der Waals surface area contributed by atoms with Gasteiger partial charge in [0, 0.05) is 21.0 Å². The predicted molar refractivity (Wildman–Crippen MR) is 165 cm³/mol. The molecule has 13 heteroatoms. The van der Waals surface area contributed by atoms with Crippen LogP contribution in [0.5, 0.6) is 11.5 Å². The van der Waals surface area contributed by atoms with Crippen molar-refractivity contribution in [2.75, 3.05) is 23.4 Å². The van der Waals surface area contributed by atoms with Crippen molar-refractivity contribution in [1.82, 2.24) is 4.98 Å². The Bertz CT molecular complexity index is 1780. The number of hydrogen-bond donors (Lipinski definition) is 2. The molecule has 1 saturated heterocycles. The fourth-order valence-electron chi connectivity index (χ4n) is 5.20. The van der Waals surface area contributed by atoms with Crippen LogP contribution in [0.1, 0.15) is 23.3 Å². The second-order valence-electron chi connectivity index (χ2n) is 9.72. The summed E-state index contributed by atoms with van der Waals surface area (Å²) in [6.07, 6.45) is 0. The number of hydrogen-bond acceptors (Lipinski definition) is 8. The van der Waals surface area contributed by atoms with E-state index in [1.54, 1.807) is 49.4 Å². The van der Waals surface area contributed by atoms with Gasteiger partial charge in [-0.25, -0.2) is 9.29 Å². The van der Waals surface area contributed by atoms with Gasteiger partial charge in [0.1, 0.15) is 11.1 Å². The summed E-state index contributed by atoms with van der Waals surface area (Å²) >= 11 is 5.60. The summed E-state index contributed by atoms with van der Waals surface area (Å²) in [5.41, 5.74) is 1.56. The molecule has 6 rings (SSSR count). The Morgan fingerprint density at radius 3 is 2.47 bits per heavy atom. The number of aromatic nitrogens is 1. The zero-order chi connectivity index (χ0) is 30.2. The number of benzene rings is 3. The number of fused-ring (bicyclic) bond motifs is 2. The lowest BCUT2D eigenvalue weighted by Crippen LogP contribution is -2.32. The summed E-state index contributed by atoms with van der Waals surface area (Å²) in [4.78, 5) is 56.9. The van der Waals surface area contributed by atoms with Crippen molar-refractivity contribution < 1.29 is 28.2 Å². The van der Waals surface area contributed by atoms with Crippen LogP contribution >= 0.6 is 39.0 Å². The molecule has 220 valence electrons. The molecule has 2 aliphatic heterocycles. The first-order valence-corrected chi connectivity index (χ1v) is 15.7. The van der Waals surface area contributed by atoms with Crippen LogP contribution in [0.25, 0.3) is 0 Å². The minimum atomic E-state index is -0.761. The Balaban J connectivity index is 1.31. The normalized spacial score (nSPS) is 19.1. The van der Waals surface area contributed by atoms with Crippen molar-refractivity contribution in [3.63, 3.8) is 0 Å². The number of carbonyl (C=O) groups is 3. The van der Waals surface area contributed by atoms with Crippen molar-refractivity contribution in [2.45, 2.75) is 23.1 Å². The molecule has 1 fully saturated rings. The summed E-state index contributed by atoms with van der Waals surface area (Å²) in [6, 6.07) is 17.4. The molecule has 3 heterocycles. The molecular formula is C30H23BrFN3O6S2. The average molecular weight is 685 g/mol. The highest BCUT2D eigenvalue weighted by Gasteiger charge is 2.56. The van der Waals surface area contributed by atoms with Gasteiger partial charge in [-0.15, -0.1) is 0 Å². The van der Waals surface area contributed by atoms with Gasteiger partial charge in [-0.2, -0.15) is 0 Å². The van der Waals surface area contributed by atoms with Crippen LogP contribution in [0.2, 0.25) is 0 Å². The van der Waals surface area contributed by atoms with Crippen LogP contribution < -0.4 is 24.6 Å². The SMILES string of the molecule is CCOc1cc(C2c3sc(=O)[nH]c3SC3C(=O)N(c4ccc(Br)cc4)C(=O)C32)ccc1OCC(=O)Nc1ccc(F)cc1. The first-order chi connectivity index (χ1) is 20.7. The second kappa shape index (κ2) is 12.0. The largest absolute Gasteiger partial charge is 0.490 e. The number of anilines is 2. The topological polar surface area (TPSA) is 118 Å². The third-order valence-electron chi connectivity index (χ3n) is 7.02. The van der Waals surface area contributed by atoms with Gasteiger partial charge in [-0.1, -0.05) is 45.1 Å². The first kappa shape index (κ1) is 29.1. The van der Waals surface area contributed by atoms with Crippen molar-refractivity contribution in [2.24, 2.45) is 5.92 Å². The lowest BCUT2D eigenvalue weighted by atomic mass is 9.83. The maximum absolute atomic E-state index is 13.9. The Labute approximate surface area is 261 Å². The minimum absolute atomic E-state index is 0.274. The summed E-state index contributed by atoms with van der Waals surface area (Å²) in [5, 5.41) is 2.47. The van der Waals surface area contributed by atoms with Crippen molar-refractivity contribution in [3.8, 4) is 11.5 Å². The summed E-state index contributed by atoms with van der Waals surface area (Å²) in [5.74, 6) is -2.28. The molecule has 4 aromatic rings. The fourth-order valence-corrected chi connectivity index (χ4v) is 7.98. The lowest BCUT2D eigenvalue weighted by Gasteiger charge is -2.30. The average Bonchev–Trinajstić information content (AvgIpc) is 3.48. The molecule has 9 nitrogen and oxygen atoms in total. The molecule has 0 radical (unpaired) electrons. The maximum atomic E-state index is 13.9. The van der Waals surface area contributed by atoms with E-state index in [0.717, 1.165) is 15.8 Å². The molecular weight excluding hydrogens is 661 g/mol. The molecule has 2 aliphatic rings. The van der Waals surface area contributed by atoms with Gasteiger partial charge in [0.05, 0.1) is 23.2 Å². The molecule has 3 amide bonds. The van der Waals surface area contributed by atoms with Gasteiger partial charge in [0.2, 0.25) is 11.8 Å². The zero-order valence-electron chi connectivity index (χ0n) is 22.5. The van der Waals surface area contributed by atoms with E-state index in [2.05, 4.69) is 26.2 Å². The Morgan fingerprint density at radius 1 is 1.00 bits per heavy atom. The lowest BCUT2D eigenvalue weighted by molar-refractivity contribution is -0.122. The van der Waals surface area contributed by atoms with Crippen LogP contribution in [0.3, 0.4) is 0 Å². The molecule has 3 unspecified atom stereocenters. The molecule has 3 atom stereocenters. The van der Waals surface area contributed by atoms with E-state index >= 15 is 0 Å². The van der Waals surface area contributed by atoms with Crippen molar-refractivity contribution in [1.29, 1.82) is 0 Å². The van der Waals surface area contributed by atoms with Gasteiger partial charge in [-0.05, 0) is 73.2 Å². The number of amides is 3. The number of nitrogens with one attached hydrogen (secondary N) is 2. The molecule has 0 aliphatic carbocycles. The van der Waals surface area contributed by atoms with Crippen LogP contribution in [0, 0.1) is 11.7 Å². The second-order valence-corrected chi connectivity index (χ2v) is 12.8. The number of rotatable bonds is 8. The molecule has 3 aromatic carbocycles. The van der Waals surface area contributed by atoms with E-state index in [1.165, 1.54) is 40.9 Å². The number of ether oxygens (including phenoxy) is 2. The highest BCUT2D eigenvalue weighted by molar-refractivity contribution is 9.10. The number of halogens is 2. The van der Waals surface area contributed by atoms with Crippen LogP contribution in [-0.2, 0) is 14.4 Å². The maximum Gasteiger partial charge on any atom is 0.305 e.